The van der Waals surface area contributed by atoms with Crippen molar-refractivity contribution in [3.8, 4) is 0 Å². The second-order valence-corrected chi connectivity index (χ2v) is 6.77. The molecule has 1 saturated carbocycles. The summed E-state index contributed by atoms with van der Waals surface area (Å²) in [6.45, 7) is 4.75. The van der Waals surface area contributed by atoms with E-state index in [2.05, 4.69) is 13.8 Å². The largest absolute Gasteiger partial charge is 0.373 e. The third-order valence-corrected chi connectivity index (χ3v) is 4.99. The zero-order valence-electron chi connectivity index (χ0n) is 14.0. The molecule has 128 valence electrons. The fourth-order valence-corrected chi connectivity index (χ4v) is 3.64. The Morgan fingerprint density at radius 1 is 0.864 bits per heavy atom. The van der Waals surface area contributed by atoms with Gasteiger partial charge in [-0.3, -0.25) is 0 Å². The Hall–Kier alpha value is -0.480. The first kappa shape index (κ1) is 17.9. The summed E-state index contributed by atoms with van der Waals surface area (Å²) >= 11 is 0. The van der Waals surface area contributed by atoms with Crippen LogP contribution in [0.3, 0.4) is 0 Å². The summed E-state index contributed by atoms with van der Waals surface area (Å²) in [5.74, 6) is -0.877. The standard InChI is InChI=1S/C18H30F2O2/c1-3-5-13-7-9-14(10-8-13)17(19)18(20)16-12-21-15(6-4-2)11-22-16/h13-16H,3-12H2,1-2H3/b18-17+. The summed E-state index contributed by atoms with van der Waals surface area (Å²) in [6, 6.07) is 0. The molecule has 1 heterocycles. The Morgan fingerprint density at radius 2 is 1.55 bits per heavy atom. The summed E-state index contributed by atoms with van der Waals surface area (Å²) in [4.78, 5) is 0. The van der Waals surface area contributed by atoms with Crippen molar-refractivity contribution in [1.29, 1.82) is 0 Å². The van der Waals surface area contributed by atoms with Gasteiger partial charge in [-0.15, -0.1) is 0 Å². The highest BCUT2D eigenvalue weighted by Crippen LogP contribution is 2.38. The van der Waals surface area contributed by atoms with E-state index in [1.165, 1.54) is 12.8 Å². The fourth-order valence-electron chi connectivity index (χ4n) is 3.64. The lowest BCUT2D eigenvalue weighted by atomic mass is 9.79. The van der Waals surface area contributed by atoms with Gasteiger partial charge in [0.15, 0.2) is 5.83 Å². The minimum Gasteiger partial charge on any atom is -0.373 e. The molecule has 2 rings (SSSR count). The average molecular weight is 316 g/mol. The highest BCUT2D eigenvalue weighted by molar-refractivity contribution is 5.10. The summed E-state index contributed by atoms with van der Waals surface area (Å²) in [6.07, 6.45) is 7.02. The molecule has 0 N–H and O–H groups in total. The molecule has 0 aromatic rings. The van der Waals surface area contributed by atoms with E-state index in [9.17, 15) is 8.78 Å². The zero-order chi connectivity index (χ0) is 15.9. The number of allylic oxidation sites excluding steroid dienone is 1. The van der Waals surface area contributed by atoms with E-state index < -0.39 is 17.8 Å². The molecule has 0 amide bonds. The third kappa shape index (κ3) is 4.76. The molecular weight excluding hydrogens is 286 g/mol. The van der Waals surface area contributed by atoms with E-state index in [1.807, 2.05) is 0 Å². The van der Waals surface area contributed by atoms with Crippen molar-refractivity contribution in [3.05, 3.63) is 11.7 Å². The Bertz CT molecular complexity index is 320. The maximum atomic E-state index is 14.4. The molecule has 0 aromatic carbocycles. The molecule has 2 fully saturated rings. The first-order chi connectivity index (χ1) is 10.7. The van der Waals surface area contributed by atoms with Crippen molar-refractivity contribution in [2.45, 2.75) is 77.4 Å². The Morgan fingerprint density at radius 3 is 2.09 bits per heavy atom. The highest BCUT2D eigenvalue weighted by atomic mass is 19.2. The molecule has 1 saturated heterocycles. The van der Waals surface area contributed by atoms with Gasteiger partial charge >= 0.3 is 0 Å². The summed E-state index contributed by atoms with van der Waals surface area (Å²) in [5, 5.41) is 0. The van der Waals surface area contributed by atoms with Gasteiger partial charge in [0.2, 0.25) is 0 Å². The normalized spacial score (nSPS) is 34.4. The van der Waals surface area contributed by atoms with Crippen LogP contribution in [0.15, 0.2) is 11.7 Å². The van der Waals surface area contributed by atoms with Crippen LogP contribution >= 0.6 is 0 Å². The number of halogens is 2. The molecule has 0 bridgehead atoms. The lowest BCUT2D eigenvalue weighted by Crippen LogP contribution is -2.36. The molecule has 0 radical (unpaired) electrons. The smallest absolute Gasteiger partial charge is 0.163 e. The fraction of sp³-hybridized carbons (Fsp3) is 0.889. The van der Waals surface area contributed by atoms with Gasteiger partial charge in [0, 0.05) is 5.92 Å². The van der Waals surface area contributed by atoms with Crippen LogP contribution in [-0.4, -0.2) is 25.4 Å². The lowest BCUT2D eigenvalue weighted by molar-refractivity contribution is -0.128. The van der Waals surface area contributed by atoms with E-state index in [0.717, 1.165) is 38.5 Å². The van der Waals surface area contributed by atoms with Crippen LogP contribution < -0.4 is 0 Å². The van der Waals surface area contributed by atoms with E-state index in [-0.39, 0.29) is 18.6 Å². The average Bonchev–Trinajstić information content (AvgIpc) is 2.55. The van der Waals surface area contributed by atoms with Crippen molar-refractivity contribution in [3.63, 3.8) is 0 Å². The van der Waals surface area contributed by atoms with Gasteiger partial charge < -0.3 is 9.47 Å². The second kappa shape index (κ2) is 8.97. The molecule has 2 aliphatic rings. The number of ether oxygens (including phenoxy) is 2. The highest BCUT2D eigenvalue weighted by Gasteiger charge is 2.31. The van der Waals surface area contributed by atoms with Gasteiger partial charge in [0.1, 0.15) is 11.9 Å². The molecule has 0 spiro atoms. The van der Waals surface area contributed by atoms with Gasteiger partial charge in [-0.1, -0.05) is 33.1 Å². The van der Waals surface area contributed by atoms with E-state index in [4.69, 9.17) is 9.47 Å². The Balaban J connectivity index is 1.85. The molecule has 2 unspecified atom stereocenters. The van der Waals surface area contributed by atoms with Crippen molar-refractivity contribution in [2.75, 3.05) is 13.2 Å². The van der Waals surface area contributed by atoms with Crippen LogP contribution in [0.4, 0.5) is 8.78 Å². The van der Waals surface area contributed by atoms with Crippen molar-refractivity contribution in [1.82, 2.24) is 0 Å². The predicted octanol–water partition coefficient (Wildman–Crippen LogP) is 5.33. The zero-order valence-corrected chi connectivity index (χ0v) is 14.0. The van der Waals surface area contributed by atoms with Crippen LogP contribution in [0.5, 0.6) is 0 Å². The van der Waals surface area contributed by atoms with E-state index >= 15 is 0 Å². The van der Waals surface area contributed by atoms with Crippen LogP contribution in [0, 0.1) is 11.8 Å². The molecular formula is C18H30F2O2. The van der Waals surface area contributed by atoms with Gasteiger partial charge in [-0.25, -0.2) is 8.78 Å². The van der Waals surface area contributed by atoms with Crippen molar-refractivity contribution < 1.29 is 18.3 Å². The van der Waals surface area contributed by atoms with E-state index in [0.29, 0.717) is 12.5 Å². The monoisotopic (exact) mass is 316 g/mol. The van der Waals surface area contributed by atoms with E-state index in [1.54, 1.807) is 0 Å². The van der Waals surface area contributed by atoms with Gasteiger partial charge in [0.25, 0.3) is 0 Å². The topological polar surface area (TPSA) is 18.5 Å². The van der Waals surface area contributed by atoms with Crippen LogP contribution in [0.2, 0.25) is 0 Å². The SMILES string of the molecule is CCCC1CCC(/C(F)=C(\F)C2COC(CCC)CO2)CC1. The molecule has 22 heavy (non-hydrogen) atoms. The summed E-state index contributed by atoms with van der Waals surface area (Å²) < 4.78 is 39.8. The molecule has 0 aromatic heterocycles. The molecule has 1 aliphatic carbocycles. The predicted molar refractivity (Wildman–Crippen MR) is 84.0 cm³/mol. The molecule has 4 heteroatoms. The second-order valence-electron chi connectivity index (χ2n) is 6.77. The van der Waals surface area contributed by atoms with Crippen LogP contribution in [-0.2, 0) is 9.47 Å². The Kier molecular flexibility index (Phi) is 7.29. The lowest BCUT2D eigenvalue weighted by Gasteiger charge is -2.31. The minimum absolute atomic E-state index is 0.0293. The summed E-state index contributed by atoms with van der Waals surface area (Å²) in [5.41, 5.74) is 0. The van der Waals surface area contributed by atoms with Crippen LogP contribution in [0.1, 0.15) is 65.2 Å². The maximum absolute atomic E-state index is 14.4. The minimum atomic E-state index is -0.846. The maximum Gasteiger partial charge on any atom is 0.163 e. The number of hydrogen-bond donors (Lipinski definition) is 0. The molecule has 1 aliphatic heterocycles. The van der Waals surface area contributed by atoms with Gasteiger partial charge in [-0.2, -0.15) is 0 Å². The van der Waals surface area contributed by atoms with Crippen molar-refractivity contribution >= 4 is 0 Å². The van der Waals surface area contributed by atoms with Gasteiger partial charge in [-0.05, 0) is 38.0 Å². The number of rotatable bonds is 6. The van der Waals surface area contributed by atoms with Gasteiger partial charge in [0.05, 0.1) is 19.3 Å². The quantitative estimate of drug-likeness (QED) is 0.659. The Labute approximate surface area is 133 Å². The number of hydrogen-bond acceptors (Lipinski definition) is 2. The first-order valence-corrected chi connectivity index (χ1v) is 8.93. The first-order valence-electron chi connectivity index (χ1n) is 8.93. The summed E-state index contributed by atoms with van der Waals surface area (Å²) in [7, 11) is 0. The molecule has 2 nitrogen and oxygen atoms in total. The molecule has 2 atom stereocenters. The van der Waals surface area contributed by atoms with Crippen molar-refractivity contribution in [2.24, 2.45) is 11.8 Å². The third-order valence-electron chi connectivity index (χ3n) is 4.99. The van der Waals surface area contributed by atoms with Crippen LogP contribution in [0.25, 0.3) is 0 Å².